The molecule has 120 valence electrons. The Morgan fingerprint density at radius 1 is 1.35 bits per heavy atom. The monoisotopic (exact) mass is 331 g/mol. The summed E-state index contributed by atoms with van der Waals surface area (Å²) in [5, 5.41) is 15.1. The second kappa shape index (κ2) is 6.08. The van der Waals surface area contributed by atoms with Crippen molar-refractivity contribution in [3.8, 4) is 5.82 Å². The maximum atomic E-state index is 10.8. The fourth-order valence-electron chi connectivity index (χ4n) is 3.00. The highest BCUT2D eigenvalue weighted by Crippen LogP contribution is 2.27. The van der Waals surface area contributed by atoms with Crippen molar-refractivity contribution in [2.75, 3.05) is 0 Å². The Morgan fingerprint density at radius 2 is 2.13 bits per heavy atom. The number of benzene rings is 1. The smallest absolute Gasteiger partial charge is 0.303 e. The van der Waals surface area contributed by atoms with Crippen LogP contribution >= 0.6 is 11.6 Å². The van der Waals surface area contributed by atoms with Crippen molar-refractivity contribution in [2.24, 2.45) is 7.05 Å². The third-order valence-corrected chi connectivity index (χ3v) is 4.25. The van der Waals surface area contributed by atoms with Crippen molar-refractivity contribution in [3.05, 3.63) is 46.7 Å². The van der Waals surface area contributed by atoms with Gasteiger partial charge < -0.3 is 9.67 Å². The van der Waals surface area contributed by atoms with Gasteiger partial charge in [0.05, 0.1) is 11.2 Å². The van der Waals surface area contributed by atoms with Crippen LogP contribution in [0.15, 0.2) is 30.5 Å². The molecule has 0 aliphatic heterocycles. The van der Waals surface area contributed by atoms with E-state index in [1.165, 1.54) is 0 Å². The molecule has 0 atom stereocenters. The predicted octanol–water partition coefficient (Wildman–Crippen LogP) is 3.73. The summed E-state index contributed by atoms with van der Waals surface area (Å²) in [7, 11) is 1.91. The van der Waals surface area contributed by atoms with Crippen LogP contribution in [0.5, 0.6) is 0 Å². The Balaban J connectivity index is 2.05. The zero-order valence-electron chi connectivity index (χ0n) is 13.1. The predicted molar refractivity (Wildman–Crippen MR) is 90.4 cm³/mol. The third-order valence-electron chi connectivity index (χ3n) is 4.01. The molecule has 1 aromatic carbocycles. The van der Waals surface area contributed by atoms with Gasteiger partial charge in [0, 0.05) is 35.6 Å². The zero-order chi connectivity index (χ0) is 16.6. The molecule has 6 heteroatoms. The number of hydrogen-bond acceptors (Lipinski definition) is 2. The average Bonchev–Trinajstić information content (AvgIpc) is 2.99. The number of fused-ring (bicyclic) bond motifs is 1. The van der Waals surface area contributed by atoms with Gasteiger partial charge in [0.15, 0.2) is 0 Å². The van der Waals surface area contributed by atoms with Crippen LogP contribution in [0.2, 0.25) is 5.02 Å². The van der Waals surface area contributed by atoms with E-state index in [-0.39, 0.29) is 6.42 Å². The van der Waals surface area contributed by atoms with Crippen molar-refractivity contribution in [1.82, 2.24) is 14.3 Å². The van der Waals surface area contributed by atoms with Gasteiger partial charge in [-0.15, -0.1) is 0 Å². The maximum absolute atomic E-state index is 10.8. The van der Waals surface area contributed by atoms with Crippen LogP contribution in [-0.4, -0.2) is 25.4 Å². The molecule has 0 saturated heterocycles. The van der Waals surface area contributed by atoms with Gasteiger partial charge in [-0.1, -0.05) is 11.6 Å². The van der Waals surface area contributed by atoms with Gasteiger partial charge in [0.2, 0.25) is 0 Å². The summed E-state index contributed by atoms with van der Waals surface area (Å²) < 4.78 is 3.93. The first-order chi connectivity index (χ1) is 11.0. The van der Waals surface area contributed by atoms with E-state index in [4.69, 9.17) is 16.7 Å². The largest absolute Gasteiger partial charge is 0.481 e. The van der Waals surface area contributed by atoms with Crippen LogP contribution in [0.1, 0.15) is 24.1 Å². The average molecular weight is 332 g/mol. The van der Waals surface area contributed by atoms with Crippen LogP contribution < -0.4 is 0 Å². The Bertz CT molecular complexity index is 879. The van der Waals surface area contributed by atoms with Crippen molar-refractivity contribution < 1.29 is 9.90 Å². The van der Waals surface area contributed by atoms with Crippen molar-refractivity contribution >= 4 is 28.5 Å². The second-order valence-electron chi connectivity index (χ2n) is 5.65. The van der Waals surface area contributed by atoms with Crippen molar-refractivity contribution in [2.45, 2.75) is 26.2 Å². The number of halogens is 1. The first kappa shape index (κ1) is 15.6. The highest BCUT2D eigenvalue weighted by atomic mass is 35.5. The SMILES string of the molecule is Cc1nn(C)c(-n2ccc3cc(Cl)ccc32)c1CCCC(=O)O. The molecule has 0 spiro atoms. The summed E-state index contributed by atoms with van der Waals surface area (Å²) in [5.74, 6) is 0.208. The molecule has 0 aliphatic rings. The summed E-state index contributed by atoms with van der Waals surface area (Å²) in [4.78, 5) is 10.8. The molecule has 23 heavy (non-hydrogen) atoms. The Kier molecular flexibility index (Phi) is 4.13. The third kappa shape index (κ3) is 2.97. The topological polar surface area (TPSA) is 60.0 Å². The number of hydrogen-bond donors (Lipinski definition) is 1. The molecule has 0 fully saturated rings. The summed E-state index contributed by atoms with van der Waals surface area (Å²) in [6, 6.07) is 7.81. The lowest BCUT2D eigenvalue weighted by Gasteiger charge is -2.10. The molecule has 2 aromatic heterocycles. The second-order valence-corrected chi connectivity index (χ2v) is 6.08. The summed E-state index contributed by atoms with van der Waals surface area (Å²) in [5.41, 5.74) is 3.07. The first-order valence-corrected chi connectivity index (χ1v) is 7.86. The van der Waals surface area contributed by atoms with Gasteiger partial charge in [0.25, 0.3) is 0 Å². The van der Waals surface area contributed by atoms with Crippen LogP contribution in [0.3, 0.4) is 0 Å². The fraction of sp³-hybridized carbons (Fsp3) is 0.294. The van der Waals surface area contributed by atoms with E-state index in [1.807, 2.05) is 49.1 Å². The van der Waals surface area contributed by atoms with Gasteiger partial charge >= 0.3 is 5.97 Å². The van der Waals surface area contributed by atoms with E-state index in [0.29, 0.717) is 17.9 Å². The molecular weight excluding hydrogens is 314 g/mol. The molecule has 0 saturated carbocycles. The molecule has 0 unspecified atom stereocenters. The Labute approximate surface area is 139 Å². The number of carbonyl (C=O) groups is 1. The van der Waals surface area contributed by atoms with Crippen LogP contribution in [0.4, 0.5) is 0 Å². The van der Waals surface area contributed by atoms with E-state index in [2.05, 4.69) is 9.67 Å². The fourth-order valence-corrected chi connectivity index (χ4v) is 3.18. The number of aromatic nitrogens is 3. The highest BCUT2D eigenvalue weighted by Gasteiger charge is 2.16. The summed E-state index contributed by atoms with van der Waals surface area (Å²) in [6.45, 7) is 1.96. The molecule has 0 radical (unpaired) electrons. The van der Waals surface area contributed by atoms with Crippen molar-refractivity contribution in [1.29, 1.82) is 0 Å². The van der Waals surface area contributed by atoms with E-state index in [0.717, 1.165) is 28.0 Å². The van der Waals surface area contributed by atoms with E-state index in [1.54, 1.807) is 0 Å². The number of nitrogens with zero attached hydrogens (tertiary/aromatic N) is 3. The number of aryl methyl sites for hydroxylation is 2. The molecule has 2 heterocycles. The van der Waals surface area contributed by atoms with Crippen LogP contribution in [0, 0.1) is 6.92 Å². The minimum atomic E-state index is -0.769. The lowest BCUT2D eigenvalue weighted by atomic mass is 10.1. The number of carboxylic acids is 1. The molecule has 3 rings (SSSR count). The van der Waals surface area contributed by atoms with Gasteiger partial charge in [-0.25, -0.2) is 0 Å². The highest BCUT2D eigenvalue weighted by molar-refractivity contribution is 6.31. The molecule has 1 N–H and O–H groups in total. The summed E-state index contributed by atoms with van der Waals surface area (Å²) >= 11 is 6.06. The number of carboxylic acid groups (broad SMARTS) is 1. The standard InChI is InChI=1S/C17H18ClN3O2/c1-11-14(4-3-5-16(22)23)17(20(2)19-11)21-9-8-12-10-13(18)6-7-15(12)21/h6-10H,3-5H2,1-2H3,(H,22,23). The number of rotatable bonds is 5. The quantitative estimate of drug-likeness (QED) is 0.775. The molecule has 5 nitrogen and oxygen atoms in total. The van der Waals surface area contributed by atoms with Gasteiger partial charge in [0.1, 0.15) is 5.82 Å². The molecular formula is C17H18ClN3O2. The van der Waals surface area contributed by atoms with E-state index < -0.39 is 5.97 Å². The van der Waals surface area contributed by atoms with Crippen LogP contribution in [0.25, 0.3) is 16.7 Å². The minimum Gasteiger partial charge on any atom is -0.481 e. The first-order valence-electron chi connectivity index (χ1n) is 7.48. The van der Waals surface area contributed by atoms with Crippen LogP contribution in [-0.2, 0) is 18.3 Å². The van der Waals surface area contributed by atoms with Gasteiger partial charge in [-0.05, 0) is 44.0 Å². The van der Waals surface area contributed by atoms with Gasteiger partial charge in [-0.2, -0.15) is 5.10 Å². The number of aliphatic carboxylic acids is 1. The Hall–Kier alpha value is -2.27. The van der Waals surface area contributed by atoms with E-state index >= 15 is 0 Å². The molecule has 0 amide bonds. The van der Waals surface area contributed by atoms with Gasteiger partial charge in [-0.3, -0.25) is 9.48 Å². The lowest BCUT2D eigenvalue weighted by molar-refractivity contribution is -0.137. The van der Waals surface area contributed by atoms with Crippen molar-refractivity contribution in [3.63, 3.8) is 0 Å². The van der Waals surface area contributed by atoms with E-state index in [9.17, 15) is 4.79 Å². The maximum Gasteiger partial charge on any atom is 0.303 e. The lowest BCUT2D eigenvalue weighted by Crippen LogP contribution is -2.05. The summed E-state index contributed by atoms with van der Waals surface area (Å²) in [6.07, 6.45) is 3.45. The molecule has 0 bridgehead atoms. The molecule has 0 aliphatic carbocycles. The molecule has 3 aromatic rings. The normalized spacial score (nSPS) is 11.3. The zero-order valence-corrected chi connectivity index (χ0v) is 13.8. The Morgan fingerprint density at radius 3 is 2.87 bits per heavy atom. The minimum absolute atomic E-state index is 0.163.